The molecule has 2 aliphatic heterocycles. The molecule has 2 aromatic rings. The Kier molecular flexibility index (Phi) is 7.89. The number of likely N-dealkylation sites (N-methyl/N-ethyl adjacent to an activating group) is 1. The van der Waals surface area contributed by atoms with Gasteiger partial charge in [0.15, 0.2) is 0 Å². The maximum atomic E-state index is 13.2. The molecule has 1 aromatic heterocycles. The minimum atomic E-state index is -3.69. The van der Waals surface area contributed by atoms with Gasteiger partial charge in [0.2, 0.25) is 15.9 Å². The molecule has 3 heterocycles. The molecule has 2 aliphatic rings. The Hall–Kier alpha value is -2.44. The van der Waals surface area contributed by atoms with E-state index in [1.165, 1.54) is 4.31 Å². The summed E-state index contributed by atoms with van der Waals surface area (Å²) in [5, 5.41) is 2.94. The first-order valence-corrected chi connectivity index (χ1v) is 12.9. The van der Waals surface area contributed by atoms with Crippen LogP contribution in [0.5, 0.6) is 0 Å². The third kappa shape index (κ3) is 5.97. The number of carbonyl (C=O) groups is 1. The summed E-state index contributed by atoms with van der Waals surface area (Å²) in [6.07, 6.45) is 0. The number of hydrogen-bond acceptors (Lipinski definition) is 8. The van der Waals surface area contributed by atoms with Crippen LogP contribution in [0.3, 0.4) is 0 Å². The van der Waals surface area contributed by atoms with Crippen molar-refractivity contribution in [2.75, 3.05) is 76.4 Å². The van der Waals surface area contributed by atoms with E-state index in [-0.39, 0.29) is 17.3 Å². The number of morpholine rings is 2. The molecule has 11 heteroatoms. The first-order chi connectivity index (χ1) is 16.3. The van der Waals surface area contributed by atoms with Crippen LogP contribution in [-0.2, 0) is 30.8 Å². The lowest BCUT2D eigenvalue weighted by molar-refractivity contribution is -0.117. The van der Waals surface area contributed by atoms with Crippen LogP contribution >= 0.6 is 0 Å². The van der Waals surface area contributed by atoms with Gasteiger partial charge in [0.25, 0.3) is 0 Å². The molecule has 34 heavy (non-hydrogen) atoms. The van der Waals surface area contributed by atoms with Gasteiger partial charge in [-0.25, -0.2) is 8.42 Å². The summed E-state index contributed by atoms with van der Waals surface area (Å²) in [6.45, 7) is 6.34. The van der Waals surface area contributed by atoms with Crippen LogP contribution in [0.15, 0.2) is 39.6 Å². The van der Waals surface area contributed by atoms with E-state index in [2.05, 4.69) is 10.2 Å². The Morgan fingerprint density at radius 1 is 1.03 bits per heavy atom. The number of benzene rings is 1. The molecule has 0 saturated carbocycles. The maximum absolute atomic E-state index is 13.2. The third-order valence-corrected chi connectivity index (χ3v) is 7.73. The van der Waals surface area contributed by atoms with Crippen LogP contribution in [0.2, 0.25) is 0 Å². The minimum Gasteiger partial charge on any atom is -0.465 e. The van der Waals surface area contributed by atoms with Gasteiger partial charge in [-0.2, -0.15) is 4.31 Å². The van der Waals surface area contributed by atoms with Crippen molar-refractivity contribution in [3.8, 4) is 0 Å². The summed E-state index contributed by atoms with van der Waals surface area (Å²) in [7, 11) is -1.86. The molecular weight excluding hydrogens is 460 g/mol. The molecule has 0 unspecified atom stereocenters. The smallest absolute Gasteiger partial charge is 0.243 e. The fourth-order valence-corrected chi connectivity index (χ4v) is 5.55. The number of amides is 1. The van der Waals surface area contributed by atoms with E-state index in [0.717, 1.165) is 17.2 Å². The van der Waals surface area contributed by atoms with E-state index in [9.17, 15) is 13.2 Å². The van der Waals surface area contributed by atoms with Gasteiger partial charge in [-0.15, -0.1) is 0 Å². The number of ether oxygens (including phenoxy) is 2. The summed E-state index contributed by atoms with van der Waals surface area (Å²) < 4.78 is 44.2. The van der Waals surface area contributed by atoms with Crippen molar-refractivity contribution >= 4 is 27.3 Å². The van der Waals surface area contributed by atoms with Gasteiger partial charge in [-0.05, 0) is 44.3 Å². The lowest BCUT2D eigenvalue weighted by atomic mass is 10.2. The highest BCUT2D eigenvalue weighted by Crippen LogP contribution is 2.31. The molecule has 10 nitrogen and oxygen atoms in total. The van der Waals surface area contributed by atoms with E-state index in [1.54, 1.807) is 18.2 Å². The van der Waals surface area contributed by atoms with Crippen molar-refractivity contribution in [2.45, 2.75) is 18.4 Å². The zero-order valence-electron chi connectivity index (χ0n) is 19.7. The fourth-order valence-electron chi connectivity index (χ4n) is 4.12. The van der Waals surface area contributed by atoms with Gasteiger partial charge in [-0.3, -0.25) is 9.69 Å². The second-order valence-corrected chi connectivity index (χ2v) is 10.5. The fraction of sp³-hybridized carbons (Fsp3) is 0.522. The second kappa shape index (κ2) is 10.9. The van der Waals surface area contributed by atoms with Gasteiger partial charge in [0.05, 0.1) is 55.8 Å². The van der Waals surface area contributed by atoms with Crippen LogP contribution < -0.4 is 10.2 Å². The molecule has 0 spiro atoms. The molecule has 1 N–H and O–H groups in total. The lowest BCUT2D eigenvalue weighted by Gasteiger charge is -2.31. The Morgan fingerprint density at radius 2 is 1.71 bits per heavy atom. The summed E-state index contributed by atoms with van der Waals surface area (Å²) in [6, 6.07) is 8.71. The number of sulfonamides is 1. The monoisotopic (exact) mass is 492 g/mol. The predicted octanol–water partition coefficient (Wildman–Crippen LogP) is 1.52. The number of nitrogens with zero attached hydrogens (tertiary/aromatic N) is 3. The highest BCUT2D eigenvalue weighted by molar-refractivity contribution is 7.89. The second-order valence-electron chi connectivity index (χ2n) is 8.53. The number of anilines is 2. The summed E-state index contributed by atoms with van der Waals surface area (Å²) in [5.41, 5.74) is 1.25. The van der Waals surface area contributed by atoms with Gasteiger partial charge >= 0.3 is 0 Å². The van der Waals surface area contributed by atoms with Crippen molar-refractivity contribution in [2.24, 2.45) is 0 Å². The Labute approximate surface area is 200 Å². The zero-order valence-corrected chi connectivity index (χ0v) is 20.5. The van der Waals surface area contributed by atoms with E-state index < -0.39 is 10.0 Å². The SMILES string of the molecule is Cc1ccc(CN(C)CC(=O)Nc2cc(S(=O)(=O)N3CCOCC3)ccc2N2CCOCC2)o1. The number of hydrogen-bond donors (Lipinski definition) is 1. The number of furan rings is 1. The number of carbonyl (C=O) groups excluding carboxylic acids is 1. The van der Waals surface area contributed by atoms with Gasteiger partial charge in [0.1, 0.15) is 11.5 Å². The summed E-state index contributed by atoms with van der Waals surface area (Å²) in [4.78, 5) is 17.0. The predicted molar refractivity (Wildman–Crippen MR) is 127 cm³/mol. The normalized spacial score (nSPS) is 17.8. The first-order valence-electron chi connectivity index (χ1n) is 11.4. The quantitative estimate of drug-likeness (QED) is 0.592. The Bertz CT molecular complexity index is 1090. The van der Waals surface area contributed by atoms with Gasteiger partial charge in [-0.1, -0.05) is 0 Å². The maximum Gasteiger partial charge on any atom is 0.243 e. The Morgan fingerprint density at radius 3 is 2.35 bits per heavy atom. The summed E-state index contributed by atoms with van der Waals surface area (Å²) in [5.74, 6) is 1.36. The molecule has 2 saturated heterocycles. The van der Waals surface area contributed by atoms with Crippen LogP contribution in [-0.4, -0.2) is 89.7 Å². The highest BCUT2D eigenvalue weighted by atomic mass is 32.2. The molecule has 186 valence electrons. The van der Waals surface area contributed by atoms with Crippen LogP contribution in [0.1, 0.15) is 11.5 Å². The van der Waals surface area contributed by atoms with Crippen molar-refractivity contribution in [3.05, 3.63) is 41.9 Å². The molecular formula is C23H32N4O6S. The largest absolute Gasteiger partial charge is 0.465 e. The summed E-state index contributed by atoms with van der Waals surface area (Å²) >= 11 is 0. The Balaban J connectivity index is 1.53. The third-order valence-electron chi connectivity index (χ3n) is 5.84. The van der Waals surface area contributed by atoms with Crippen molar-refractivity contribution < 1.29 is 27.1 Å². The van der Waals surface area contributed by atoms with E-state index in [0.29, 0.717) is 64.8 Å². The minimum absolute atomic E-state index is 0.128. The number of aryl methyl sites for hydroxylation is 1. The van der Waals surface area contributed by atoms with Crippen molar-refractivity contribution in [3.63, 3.8) is 0 Å². The van der Waals surface area contributed by atoms with Crippen LogP contribution in [0, 0.1) is 6.92 Å². The zero-order chi connectivity index (χ0) is 24.1. The molecule has 1 aromatic carbocycles. The number of nitrogens with one attached hydrogen (secondary N) is 1. The molecule has 0 atom stereocenters. The van der Waals surface area contributed by atoms with Crippen LogP contribution in [0.4, 0.5) is 11.4 Å². The first kappa shape index (κ1) is 24.7. The van der Waals surface area contributed by atoms with Crippen molar-refractivity contribution in [1.82, 2.24) is 9.21 Å². The number of rotatable bonds is 8. The lowest BCUT2D eigenvalue weighted by Crippen LogP contribution is -2.40. The van der Waals surface area contributed by atoms with Crippen LogP contribution in [0.25, 0.3) is 0 Å². The highest BCUT2D eigenvalue weighted by Gasteiger charge is 2.28. The standard InChI is InChI=1S/C23H32N4O6S/c1-18-3-4-19(33-18)16-25(2)17-23(28)24-21-15-20(34(29,30)27-9-13-32-14-10-27)5-6-22(21)26-7-11-31-12-8-26/h3-6,15H,7-14,16-17H2,1-2H3,(H,24,28). The molecule has 2 fully saturated rings. The van der Waals surface area contributed by atoms with Crippen molar-refractivity contribution in [1.29, 1.82) is 0 Å². The average Bonchev–Trinajstić information content (AvgIpc) is 3.24. The van der Waals surface area contributed by atoms with Gasteiger partial charge in [0, 0.05) is 26.2 Å². The molecule has 4 rings (SSSR count). The van der Waals surface area contributed by atoms with E-state index >= 15 is 0 Å². The molecule has 1 amide bonds. The average molecular weight is 493 g/mol. The van der Waals surface area contributed by atoms with Gasteiger partial charge < -0.3 is 24.1 Å². The molecule has 0 radical (unpaired) electrons. The topological polar surface area (TPSA) is 105 Å². The molecule has 0 bridgehead atoms. The molecule has 0 aliphatic carbocycles. The van der Waals surface area contributed by atoms with E-state index in [1.807, 2.05) is 31.0 Å². The van der Waals surface area contributed by atoms with E-state index in [4.69, 9.17) is 13.9 Å².